The Morgan fingerprint density at radius 3 is 2.95 bits per heavy atom. The van der Waals surface area contributed by atoms with Gasteiger partial charge >= 0.3 is 0 Å². The van der Waals surface area contributed by atoms with Gasteiger partial charge in [0.05, 0.1) is 25.0 Å². The van der Waals surface area contributed by atoms with Gasteiger partial charge in [-0.05, 0) is 37.8 Å². The van der Waals surface area contributed by atoms with Gasteiger partial charge < -0.3 is 14.2 Å². The summed E-state index contributed by atoms with van der Waals surface area (Å²) in [5, 5.41) is 0. The van der Waals surface area contributed by atoms with Gasteiger partial charge in [-0.15, -0.1) is 0 Å². The van der Waals surface area contributed by atoms with Crippen molar-refractivity contribution in [3.63, 3.8) is 0 Å². The number of benzene rings is 1. The van der Waals surface area contributed by atoms with Crippen LogP contribution in [-0.4, -0.2) is 38.9 Å². The minimum Gasteiger partial charge on any atom is -0.382 e. The number of hydrogen-bond acceptors (Lipinski definition) is 4. The molecule has 22 heavy (non-hydrogen) atoms. The van der Waals surface area contributed by atoms with E-state index in [1.165, 1.54) is 0 Å². The maximum absolute atomic E-state index is 5.96. The van der Waals surface area contributed by atoms with Crippen molar-refractivity contribution in [3.05, 3.63) is 61.4 Å². The van der Waals surface area contributed by atoms with Gasteiger partial charge in [-0.1, -0.05) is 18.2 Å². The Bertz CT molecular complexity index is 474. The molecule has 1 saturated carbocycles. The van der Waals surface area contributed by atoms with E-state index in [0.29, 0.717) is 13.2 Å². The quantitative estimate of drug-likeness (QED) is 0.785. The predicted octanol–water partition coefficient (Wildman–Crippen LogP) is 2.94. The highest BCUT2D eigenvalue weighted by atomic mass is 16.7. The lowest BCUT2D eigenvalue weighted by molar-refractivity contribution is -0.209. The fourth-order valence-corrected chi connectivity index (χ4v) is 2.50. The van der Waals surface area contributed by atoms with E-state index < -0.39 is 0 Å². The Hall–Kier alpha value is -1.23. The highest BCUT2D eigenvalue weighted by Crippen LogP contribution is 2.38. The topological polar surface area (TPSA) is 40.0 Å². The summed E-state index contributed by atoms with van der Waals surface area (Å²) in [6, 6.07) is 9.87. The van der Waals surface area contributed by atoms with E-state index in [4.69, 9.17) is 14.2 Å². The summed E-state index contributed by atoms with van der Waals surface area (Å²) in [7, 11) is 1.69. The third kappa shape index (κ3) is 3.94. The van der Waals surface area contributed by atoms with Crippen LogP contribution in [0.25, 0.3) is 0 Å². The molecule has 2 fully saturated rings. The highest BCUT2D eigenvalue weighted by Gasteiger charge is 2.39. The Morgan fingerprint density at radius 2 is 2.14 bits per heavy atom. The molecule has 0 amide bonds. The summed E-state index contributed by atoms with van der Waals surface area (Å²) in [5.41, 5.74) is 0.928. The number of aliphatic imine (C=N–C) groups is 1. The van der Waals surface area contributed by atoms with E-state index in [-0.39, 0.29) is 12.4 Å². The van der Waals surface area contributed by atoms with Crippen molar-refractivity contribution in [1.82, 2.24) is 0 Å². The number of hydrogen-bond donors (Lipinski definition) is 0. The number of nitrogens with zero attached hydrogens (tertiary/aromatic N) is 1. The molecule has 2 atom stereocenters. The molecule has 2 aliphatic rings. The molecule has 0 bridgehead atoms. The van der Waals surface area contributed by atoms with Crippen molar-refractivity contribution in [2.45, 2.75) is 18.8 Å². The second kappa shape index (κ2) is 7.86. The Labute approximate surface area is 132 Å². The third-order valence-electron chi connectivity index (χ3n) is 3.63. The molecule has 0 N–H and O–H groups in total. The van der Waals surface area contributed by atoms with Gasteiger partial charge in [-0.2, -0.15) is 0 Å². The van der Waals surface area contributed by atoms with Crippen LogP contribution in [0.5, 0.6) is 0 Å². The SMILES string of the molecule is COC[C@@H]1CCO[C@H]([C]2[CH][CH][CH][C]2C=Nc2ccccc2)O1. The summed E-state index contributed by atoms with van der Waals surface area (Å²) >= 11 is 0. The Kier molecular flexibility index (Phi) is 5.59. The molecule has 0 unspecified atom stereocenters. The van der Waals surface area contributed by atoms with Gasteiger partial charge in [0.2, 0.25) is 0 Å². The molecule has 1 aliphatic heterocycles. The smallest absolute Gasteiger partial charge is 0.165 e. The van der Waals surface area contributed by atoms with Gasteiger partial charge in [-0.3, -0.25) is 4.99 Å². The zero-order valence-corrected chi connectivity index (χ0v) is 12.6. The Morgan fingerprint density at radius 1 is 1.27 bits per heavy atom. The van der Waals surface area contributed by atoms with Crippen molar-refractivity contribution in [3.8, 4) is 0 Å². The predicted molar refractivity (Wildman–Crippen MR) is 85.1 cm³/mol. The molecule has 1 heterocycles. The summed E-state index contributed by atoms with van der Waals surface area (Å²) < 4.78 is 16.9. The largest absolute Gasteiger partial charge is 0.382 e. The van der Waals surface area contributed by atoms with Crippen LogP contribution in [0.4, 0.5) is 5.69 Å². The fourth-order valence-electron chi connectivity index (χ4n) is 2.50. The number of para-hydroxylation sites is 1. The summed E-state index contributed by atoms with van der Waals surface area (Å²) in [5.74, 6) is 2.03. The van der Waals surface area contributed by atoms with E-state index in [2.05, 4.69) is 4.99 Å². The first-order valence-electron chi connectivity index (χ1n) is 7.47. The number of ether oxygens (including phenoxy) is 3. The van der Waals surface area contributed by atoms with E-state index in [1.807, 2.05) is 55.8 Å². The molecule has 4 heteroatoms. The molecule has 5 radical (unpaired) electrons. The fraction of sp³-hybridized carbons (Fsp3) is 0.333. The van der Waals surface area contributed by atoms with Crippen LogP contribution in [0.15, 0.2) is 35.3 Å². The first-order chi connectivity index (χ1) is 10.9. The van der Waals surface area contributed by atoms with Gasteiger partial charge in [0.25, 0.3) is 0 Å². The highest BCUT2D eigenvalue weighted by molar-refractivity contribution is 5.87. The van der Waals surface area contributed by atoms with Crippen molar-refractivity contribution >= 4 is 11.9 Å². The lowest BCUT2D eigenvalue weighted by Crippen LogP contribution is -2.39. The second-order valence-electron chi connectivity index (χ2n) is 5.24. The molecule has 115 valence electrons. The van der Waals surface area contributed by atoms with Crippen LogP contribution < -0.4 is 0 Å². The minimum absolute atomic E-state index is 0.0811. The van der Waals surface area contributed by atoms with Gasteiger partial charge in [-0.25, -0.2) is 0 Å². The van der Waals surface area contributed by atoms with Gasteiger partial charge in [0.1, 0.15) is 0 Å². The van der Waals surface area contributed by atoms with E-state index in [9.17, 15) is 0 Å². The van der Waals surface area contributed by atoms with Crippen LogP contribution in [0, 0.1) is 31.1 Å². The molecule has 1 aromatic rings. The van der Waals surface area contributed by atoms with E-state index in [0.717, 1.165) is 23.9 Å². The lowest BCUT2D eigenvalue weighted by Gasteiger charge is -2.34. The number of rotatable bonds is 5. The first-order valence-corrected chi connectivity index (χ1v) is 7.47. The zero-order chi connectivity index (χ0) is 15.2. The molecule has 3 rings (SSSR count). The van der Waals surface area contributed by atoms with Crippen LogP contribution in [0.2, 0.25) is 0 Å². The molecule has 4 nitrogen and oxygen atoms in total. The molecule has 1 aromatic carbocycles. The maximum Gasteiger partial charge on any atom is 0.165 e. The summed E-state index contributed by atoms with van der Waals surface area (Å²) in [6.07, 6.45) is 8.49. The van der Waals surface area contributed by atoms with Gasteiger partial charge in [0, 0.05) is 25.2 Å². The van der Waals surface area contributed by atoms with E-state index in [1.54, 1.807) is 7.11 Å². The lowest BCUT2D eigenvalue weighted by atomic mass is 9.96. The molecule has 0 aromatic heterocycles. The van der Waals surface area contributed by atoms with Crippen molar-refractivity contribution < 1.29 is 14.2 Å². The van der Waals surface area contributed by atoms with Crippen LogP contribution in [0.1, 0.15) is 6.42 Å². The Balaban J connectivity index is 1.61. The van der Waals surface area contributed by atoms with Crippen molar-refractivity contribution in [1.29, 1.82) is 0 Å². The zero-order valence-electron chi connectivity index (χ0n) is 12.6. The summed E-state index contributed by atoms with van der Waals surface area (Å²) in [6.45, 7) is 1.27. The van der Waals surface area contributed by atoms with Crippen LogP contribution in [0.3, 0.4) is 0 Å². The molecular formula is C18H20NO3. The normalized spacial score (nSPS) is 27.7. The first kappa shape index (κ1) is 15.7. The van der Waals surface area contributed by atoms with E-state index >= 15 is 0 Å². The number of methoxy groups -OCH3 is 1. The second-order valence-corrected chi connectivity index (χ2v) is 5.24. The third-order valence-corrected chi connectivity index (χ3v) is 3.63. The molecular weight excluding hydrogens is 278 g/mol. The monoisotopic (exact) mass is 298 g/mol. The van der Waals surface area contributed by atoms with Crippen molar-refractivity contribution in [2.24, 2.45) is 4.99 Å². The van der Waals surface area contributed by atoms with Crippen LogP contribution >= 0.6 is 0 Å². The molecule has 1 saturated heterocycles. The van der Waals surface area contributed by atoms with Gasteiger partial charge in [0.15, 0.2) is 6.29 Å². The molecule has 1 aliphatic carbocycles. The van der Waals surface area contributed by atoms with Crippen molar-refractivity contribution in [2.75, 3.05) is 20.3 Å². The average molecular weight is 298 g/mol. The maximum atomic E-state index is 5.96. The minimum atomic E-state index is -0.346. The summed E-state index contributed by atoms with van der Waals surface area (Å²) in [4.78, 5) is 4.50. The van der Waals surface area contributed by atoms with Crippen LogP contribution in [-0.2, 0) is 14.2 Å². The molecule has 0 spiro atoms. The average Bonchev–Trinajstić information content (AvgIpc) is 3.03. The standard InChI is InChI=1S/C18H20NO3/c1-20-13-16-10-11-21-18(22-16)17-9-5-6-14(17)12-19-15-7-3-2-4-8-15/h2-9,12,16,18H,10-11,13H2,1H3/t16-,18-/m0/s1.